The number of nitrogens with zero attached hydrogens (tertiary/aromatic N) is 1. The molecule has 3 rings (SSSR count). The van der Waals surface area contributed by atoms with Crippen LogP contribution in [0.5, 0.6) is 0 Å². The standard InChI is InChI=1S/C12H12N2O2/c15-10(16)6-12(3-4-12)9-7-14-11-8(9)2-1-5-13-11/h1-2,5,7H,3-4,6H2,(H,13,14)(H,15,16). The maximum atomic E-state index is 10.9. The highest BCUT2D eigenvalue weighted by atomic mass is 16.4. The highest BCUT2D eigenvalue weighted by molar-refractivity contribution is 5.83. The van der Waals surface area contributed by atoms with Crippen molar-refractivity contribution in [2.24, 2.45) is 0 Å². The Balaban J connectivity index is 2.09. The van der Waals surface area contributed by atoms with E-state index < -0.39 is 5.97 Å². The van der Waals surface area contributed by atoms with Gasteiger partial charge in [-0.2, -0.15) is 0 Å². The number of aliphatic carboxylic acids is 1. The molecule has 2 aromatic heterocycles. The van der Waals surface area contributed by atoms with Gasteiger partial charge < -0.3 is 10.1 Å². The van der Waals surface area contributed by atoms with Gasteiger partial charge in [0.05, 0.1) is 6.42 Å². The molecule has 0 aliphatic heterocycles. The molecule has 0 bridgehead atoms. The van der Waals surface area contributed by atoms with E-state index >= 15 is 0 Å². The summed E-state index contributed by atoms with van der Waals surface area (Å²) in [5.74, 6) is -0.726. The van der Waals surface area contributed by atoms with Crippen molar-refractivity contribution in [1.29, 1.82) is 0 Å². The van der Waals surface area contributed by atoms with E-state index in [1.165, 1.54) is 0 Å². The Hall–Kier alpha value is -1.84. The zero-order chi connectivity index (χ0) is 11.2. The number of rotatable bonds is 3. The fourth-order valence-corrected chi connectivity index (χ4v) is 2.38. The molecule has 82 valence electrons. The Bertz CT molecular complexity index is 555. The second kappa shape index (κ2) is 3.07. The number of H-pyrrole nitrogens is 1. The van der Waals surface area contributed by atoms with Crippen molar-refractivity contribution >= 4 is 17.0 Å². The molecule has 4 nitrogen and oxygen atoms in total. The van der Waals surface area contributed by atoms with Gasteiger partial charge in [-0.15, -0.1) is 0 Å². The van der Waals surface area contributed by atoms with Gasteiger partial charge in [0, 0.05) is 23.2 Å². The second-order valence-electron chi connectivity index (χ2n) is 4.45. The third-order valence-electron chi connectivity index (χ3n) is 3.37. The lowest BCUT2D eigenvalue weighted by atomic mass is 9.93. The van der Waals surface area contributed by atoms with Gasteiger partial charge >= 0.3 is 5.97 Å². The molecule has 0 saturated heterocycles. The van der Waals surface area contributed by atoms with Crippen molar-refractivity contribution in [3.63, 3.8) is 0 Å². The quantitative estimate of drug-likeness (QED) is 0.825. The lowest BCUT2D eigenvalue weighted by molar-refractivity contribution is -0.137. The van der Waals surface area contributed by atoms with Crippen LogP contribution in [-0.2, 0) is 10.2 Å². The Kier molecular flexibility index (Phi) is 1.80. The number of aromatic amines is 1. The normalized spacial score (nSPS) is 17.5. The Labute approximate surface area is 92.3 Å². The van der Waals surface area contributed by atoms with Crippen LogP contribution in [0.25, 0.3) is 11.0 Å². The molecular formula is C12H12N2O2. The van der Waals surface area contributed by atoms with Gasteiger partial charge in [-0.05, 0) is 30.5 Å². The maximum absolute atomic E-state index is 10.9. The van der Waals surface area contributed by atoms with Crippen LogP contribution in [0.3, 0.4) is 0 Å². The number of carboxylic acid groups (broad SMARTS) is 1. The number of carbonyl (C=O) groups is 1. The van der Waals surface area contributed by atoms with Gasteiger partial charge in [0.15, 0.2) is 0 Å². The molecule has 2 aromatic rings. The highest BCUT2D eigenvalue weighted by Gasteiger charge is 2.47. The minimum atomic E-state index is -0.726. The van der Waals surface area contributed by atoms with Crippen LogP contribution in [0.2, 0.25) is 0 Å². The Morgan fingerprint density at radius 1 is 1.56 bits per heavy atom. The topological polar surface area (TPSA) is 66.0 Å². The predicted octanol–water partition coefficient (Wildman–Crippen LogP) is 2.07. The Morgan fingerprint density at radius 2 is 2.38 bits per heavy atom. The van der Waals surface area contributed by atoms with Crippen LogP contribution >= 0.6 is 0 Å². The zero-order valence-corrected chi connectivity index (χ0v) is 8.73. The van der Waals surface area contributed by atoms with E-state index in [9.17, 15) is 4.79 Å². The average molecular weight is 216 g/mol. The molecular weight excluding hydrogens is 204 g/mol. The molecule has 0 amide bonds. The van der Waals surface area contributed by atoms with Crippen molar-refractivity contribution in [2.75, 3.05) is 0 Å². The molecule has 1 aliphatic rings. The highest BCUT2D eigenvalue weighted by Crippen LogP contribution is 2.52. The third-order valence-corrected chi connectivity index (χ3v) is 3.37. The number of nitrogens with one attached hydrogen (secondary N) is 1. The average Bonchev–Trinajstić information content (AvgIpc) is 2.89. The fourth-order valence-electron chi connectivity index (χ4n) is 2.38. The summed E-state index contributed by atoms with van der Waals surface area (Å²) < 4.78 is 0. The summed E-state index contributed by atoms with van der Waals surface area (Å²) in [5.41, 5.74) is 1.81. The minimum Gasteiger partial charge on any atom is -0.481 e. The molecule has 4 heteroatoms. The van der Waals surface area contributed by atoms with Crippen LogP contribution in [-0.4, -0.2) is 21.0 Å². The van der Waals surface area contributed by atoms with Crippen molar-refractivity contribution in [3.05, 3.63) is 30.1 Å². The number of hydrogen-bond acceptors (Lipinski definition) is 2. The van der Waals surface area contributed by atoms with Crippen molar-refractivity contribution in [3.8, 4) is 0 Å². The third kappa shape index (κ3) is 1.30. The molecule has 1 aliphatic carbocycles. The van der Waals surface area contributed by atoms with Gasteiger partial charge in [-0.25, -0.2) is 4.98 Å². The summed E-state index contributed by atoms with van der Waals surface area (Å²) in [4.78, 5) is 18.2. The largest absolute Gasteiger partial charge is 0.481 e. The summed E-state index contributed by atoms with van der Waals surface area (Å²) in [6.45, 7) is 0. The predicted molar refractivity (Wildman–Crippen MR) is 59.3 cm³/mol. The van der Waals surface area contributed by atoms with Crippen LogP contribution in [0.4, 0.5) is 0 Å². The monoisotopic (exact) mass is 216 g/mol. The molecule has 1 saturated carbocycles. The number of pyridine rings is 1. The first kappa shape index (κ1) is 9.39. The SMILES string of the molecule is O=C(O)CC1(c2c[nH]c3ncccc23)CC1. The lowest BCUT2D eigenvalue weighted by Crippen LogP contribution is -2.12. The summed E-state index contributed by atoms with van der Waals surface area (Å²) in [6, 6.07) is 3.88. The van der Waals surface area contributed by atoms with Gasteiger partial charge in [-0.3, -0.25) is 4.79 Å². The van der Waals surface area contributed by atoms with E-state index in [0.717, 1.165) is 29.4 Å². The molecule has 1 fully saturated rings. The zero-order valence-electron chi connectivity index (χ0n) is 8.73. The lowest BCUT2D eigenvalue weighted by Gasteiger charge is -2.10. The number of carboxylic acids is 1. The summed E-state index contributed by atoms with van der Waals surface area (Å²) in [6.07, 6.45) is 5.78. The molecule has 2 N–H and O–H groups in total. The first-order valence-corrected chi connectivity index (χ1v) is 5.36. The summed E-state index contributed by atoms with van der Waals surface area (Å²) in [7, 11) is 0. The second-order valence-corrected chi connectivity index (χ2v) is 4.45. The van der Waals surface area contributed by atoms with Crippen molar-refractivity contribution < 1.29 is 9.90 Å². The smallest absolute Gasteiger partial charge is 0.304 e. The molecule has 0 aromatic carbocycles. The number of aromatic nitrogens is 2. The van der Waals surface area contributed by atoms with Gasteiger partial charge in [-0.1, -0.05) is 0 Å². The van der Waals surface area contributed by atoms with Crippen LogP contribution in [0.1, 0.15) is 24.8 Å². The van der Waals surface area contributed by atoms with Crippen LogP contribution in [0.15, 0.2) is 24.5 Å². The molecule has 0 radical (unpaired) electrons. The van der Waals surface area contributed by atoms with E-state index in [1.54, 1.807) is 6.20 Å². The van der Waals surface area contributed by atoms with Crippen molar-refractivity contribution in [2.45, 2.75) is 24.7 Å². The first-order chi connectivity index (χ1) is 7.71. The molecule has 2 heterocycles. The number of fused-ring (bicyclic) bond motifs is 1. The minimum absolute atomic E-state index is 0.146. The molecule has 16 heavy (non-hydrogen) atoms. The van der Waals surface area contributed by atoms with E-state index in [-0.39, 0.29) is 11.8 Å². The number of hydrogen-bond donors (Lipinski definition) is 2. The van der Waals surface area contributed by atoms with Crippen molar-refractivity contribution in [1.82, 2.24) is 9.97 Å². The Morgan fingerprint density at radius 3 is 3.06 bits per heavy atom. The van der Waals surface area contributed by atoms with E-state index in [0.29, 0.717) is 0 Å². The molecule has 0 unspecified atom stereocenters. The van der Waals surface area contributed by atoms with E-state index in [2.05, 4.69) is 9.97 Å². The van der Waals surface area contributed by atoms with Gasteiger partial charge in [0.1, 0.15) is 5.65 Å². The summed E-state index contributed by atoms with van der Waals surface area (Å²) >= 11 is 0. The maximum Gasteiger partial charge on any atom is 0.304 e. The van der Waals surface area contributed by atoms with E-state index in [1.807, 2.05) is 18.3 Å². The fraction of sp³-hybridized carbons (Fsp3) is 0.333. The van der Waals surface area contributed by atoms with E-state index in [4.69, 9.17) is 5.11 Å². The molecule has 0 spiro atoms. The summed E-state index contributed by atoms with van der Waals surface area (Å²) in [5, 5.41) is 9.99. The van der Waals surface area contributed by atoms with Crippen LogP contribution < -0.4 is 0 Å². The first-order valence-electron chi connectivity index (χ1n) is 5.36. The van der Waals surface area contributed by atoms with Gasteiger partial charge in [0.2, 0.25) is 0 Å². The van der Waals surface area contributed by atoms with Crippen LogP contribution in [0, 0.1) is 0 Å². The van der Waals surface area contributed by atoms with Gasteiger partial charge in [0.25, 0.3) is 0 Å². The molecule has 0 atom stereocenters.